The molecule has 1 aliphatic heterocycles. The van der Waals surface area contributed by atoms with Crippen LogP contribution >= 0.6 is 11.8 Å². The quantitative estimate of drug-likeness (QED) is 0.173. The molecule has 28 heavy (non-hydrogen) atoms. The van der Waals surface area contributed by atoms with Gasteiger partial charge in [-0.25, -0.2) is 5.84 Å². The van der Waals surface area contributed by atoms with Crippen LogP contribution in [-0.2, 0) is 4.74 Å². The molecule has 0 atom stereocenters. The Morgan fingerprint density at radius 2 is 1.75 bits per heavy atom. The van der Waals surface area contributed by atoms with Gasteiger partial charge < -0.3 is 21.2 Å². The molecule has 0 radical (unpaired) electrons. The number of hydrogen-bond donors (Lipinski definition) is 3. The maximum Gasteiger partial charge on any atom is 0.201 e. The standard InChI is InChI=1S/C19H24N6O2S/c20-15-3-7-17(8-4-15)25(22)19(23-21)28-13-18(26)14-1-5-16(6-2-14)24-9-11-27-12-10-24/h1-8H,9-13,20-22H2/b23-19+. The van der Waals surface area contributed by atoms with E-state index in [1.54, 1.807) is 24.3 Å². The highest BCUT2D eigenvalue weighted by atomic mass is 32.2. The van der Waals surface area contributed by atoms with Gasteiger partial charge in [-0.1, -0.05) is 11.8 Å². The molecule has 1 aliphatic rings. The molecular formula is C19H24N6O2S. The van der Waals surface area contributed by atoms with Gasteiger partial charge in [-0.3, -0.25) is 9.80 Å². The van der Waals surface area contributed by atoms with Crippen molar-refractivity contribution in [1.82, 2.24) is 0 Å². The zero-order valence-corrected chi connectivity index (χ0v) is 16.3. The summed E-state index contributed by atoms with van der Waals surface area (Å²) in [5.41, 5.74) is 8.72. The molecule has 2 aromatic rings. The van der Waals surface area contributed by atoms with E-state index in [-0.39, 0.29) is 11.5 Å². The van der Waals surface area contributed by atoms with Crippen molar-refractivity contribution < 1.29 is 9.53 Å². The first-order valence-electron chi connectivity index (χ1n) is 8.85. The van der Waals surface area contributed by atoms with Crippen LogP contribution in [0.3, 0.4) is 0 Å². The highest BCUT2D eigenvalue weighted by Crippen LogP contribution is 2.20. The average molecular weight is 401 g/mol. The second-order valence-electron chi connectivity index (χ2n) is 6.23. The first-order valence-corrected chi connectivity index (χ1v) is 9.84. The minimum Gasteiger partial charge on any atom is -0.399 e. The first kappa shape index (κ1) is 20.0. The van der Waals surface area contributed by atoms with Gasteiger partial charge in [-0.05, 0) is 48.5 Å². The maximum atomic E-state index is 12.5. The lowest BCUT2D eigenvalue weighted by atomic mass is 10.1. The number of anilines is 3. The minimum absolute atomic E-state index is 0.0228. The fourth-order valence-electron chi connectivity index (χ4n) is 2.81. The van der Waals surface area contributed by atoms with Crippen molar-refractivity contribution in [3.05, 3.63) is 54.1 Å². The molecule has 148 valence electrons. The number of ether oxygens (including phenoxy) is 1. The van der Waals surface area contributed by atoms with Crippen molar-refractivity contribution in [2.45, 2.75) is 0 Å². The van der Waals surface area contributed by atoms with E-state index in [9.17, 15) is 4.79 Å². The van der Waals surface area contributed by atoms with Crippen LogP contribution < -0.4 is 27.3 Å². The summed E-state index contributed by atoms with van der Waals surface area (Å²) in [6.07, 6.45) is 0. The summed E-state index contributed by atoms with van der Waals surface area (Å²) >= 11 is 1.18. The number of Topliss-reactive ketones (excluding diaryl/α,β-unsaturated/α-hetero) is 1. The van der Waals surface area contributed by atoms with Gasteiger partial charge in [0.05, 0.1) is 24.7 Å². The van der Waals surface area contributed by atoms with E-state index in [0.29, 0.717) is 22.1 Å². The molecule has 0 aliphatic carbocycles. The molecule has 0 aromatic heterocycles. The van der Waals surface area contributed by atoms with Crippen LogP contribution in [-0.4, -0.2) is 43.0 Å². The SMILES string of the molecule is N/N=C(/SCC(=O)c1ccc(N2CCOCC2)cc1)N(N)c1ccc(N)cc1. The number of morpholine rings is 1. The zero-order valence-electron chi connectivity index (χ0n) is 15.5. The van der Waals surface area contributed by atoms with Gasteiger partial charge in [0.2, 0.25) is 5.17 Å². The predicted octanol–water partition coefficient (Wildman–Crippen LogP) is 1.63. The van der Waals surface area contributed by atoms with Gasteiger partial charge in [0, 0.05) is 30.0 Å². The molecule has 0 unspecified atom stereocenters. The second-order valence-corrected chi connectivity index (χ2v) is 7.17. The summed E-state index contributed by atoms with van der Waals surface area (Å²) < 4.78 is 5.36. The van der Waals surface area contributed by atoms with E-state index in [4.69, 9.17) is 22.2 Å². The Balaban J connectivity index is 1.58. The smallest absolute Gasteiger partial charge is 0.201 e. The second kappa shape index (κ2) is 9.45. The highest BCUT2D eigenvalue weighted by molar-refractivity contribution is 8.14. The molecule has 1 fully saturated rings. The summed E-state index contributed by atoms with van der Waals surface area (Å²) in [5, 5.41) is 5.37. The molecule has 6 N–H and O–H groups in total. The molecule has 0 bridgehead atoms. The first-order chi connectivity index (χ1) is 13.6. The number of nitrogens with zero attached hydrogens (tertiary/aromatic N) is 3. The van der Waals surface area contributed by atoms with Crippen molar-refractivity contribution in [2.75, 3.05) is 47.7 Å². The van der Waals surface area contributed by atoms with Gasteiger partial charge >= 0.3 is 0 Å². The topological polar surface area (TPSA) is 123 Å². The van der Waals surface area contributed by atoms with E-state index in [1.807, 2.05) is 24.3 Å². The molecule has 8 nitrogen and oxygen atoms in total. The van der Waals surface area contributed by atoms with Crippen LogP contribution in [0, 0.1) is 0 Å². The summed E-state index contributed by atoms with van der Waals surface area (Å²) in [5.74, 6) is 11.7. The predicted molar refractivity (Wildman–Crippen MR) is 115 cm³/mol. The molecule has 9 heteroatoms. The molecule has 1 heterocycles. The third-order valence-corrected chi connectivity index (χ3v) is 5.35. The summed E-state index contributed by atoms with van der Waals surface area (Å²) in [6, 6.07) is 14.6. The largest absolute Gasteiger partial charge is 0.399 e. The molecule has 1 saturated heterocycles. The minimum atomic E-state index is -0.0228. The lowest BCUT2D eigenvalue weighted by Gasteiger charge is -2.28. The fraction of sp³-hybridized carbons (Fsp3) is 0.263. The number of amidine groups is 1. The normalized spacial score (nSPS) is 14.8. The number of hydrogen-bond acceptors (Lipinski definition) is 8. The Bertz CT molecular complexity index is 819. The third-order valence-electron chi connectivity index (χ3n) is 4.39. The van der Waals surface area contributed by atoms with Gasteiger partial charge in [0.1, 0.15) is 0 Å². The molecule has 3 rings (SSSR count). The Morgan fingerprint density at radius 1 is 1.11 bits per heavy atom. The van der Waals surface area contributed by atoms with Crippen LogP contribution in [0.25, 0.3) is 0 Å². The zero-order chi connectivity index (χ0) is 19.9. The molecule has 2 aromatic carbocycles. The number of carbonyl (C=O) groups excluding carboxylic acids is 1. The van der Waals surface area contributed by atoms with Gasteiger partial charge in [0.15, 0.2) is 5.78 Å². The Hall–Kier alpha value is -2.75. The summed E-state index contributed by atoms with van der Waals surface area (Å²) in [6.45, 7) is 3.16. The van der Waals surface area contributed by atoms with Crippen molar-refractivity contribution in [3.8, 4) is 0 Å². The number of hydrazone groups is 1. The maximum absolute atomic E-state index is 12.5. The highest BCUT2D eigenvalue weighted by Gasteiger charge is 2.15. The van der Waals surface area contributed by atoms with E-state index in [0.717, 1.165) is 32.0 Å². The van der Waals surface area contributed by atoms with Crippen LogP contribution in [0.2, 0.25) is 0 Å². The van der Waals surface area contributed by atoms with Gasteiger partial charge in [-0.2, -0.15) is 5.10 Å². The van der Waals surface area contributed by atoms with Crippen LogP contribution in [0.1, 0.15) is 10.4 Å². The van der Waals surface area contributed by atoms with E-state index >= 15 is 0 Å². The van der Waals surface area contributed by atoms with Crippen molar-refractivity contribution >= 4 is 39.8 Å². The number of nitrogen functional groups attached to an aromatic ring is 1. The number of carbonyl (C=O) groups is 1. The Labute approximate surface area is 168 Å². The van der Waals surface area contributed by atoms with Gasteiger partial charge in [-0.15, -0.1) is 0 Å². The van der Waals surface area contributed by atoms with Crippen molar-refractivity contribution in [3.63, 3.8) is 0 Å². The fourth-order valence-corrected chi connectivity index (χ4v) is 3.55. The van der Waals surface area contributed by atoms with E-state index in [2.05, 4.69) is 10.0 Å². The number of nitrogens with two attached hydrogens (primary N) is 3. The molecular weight excluding hydrogens is 376 g/mol. The molecule has 0 saturated carbocycles. The average Bonchev–Trinajstić information content (AvgIpc) is 2.75. The molecule has 0 spiro atoms. The number of thioether (sulfide) groups is 1. The van der Waals surface area contributed by atoms with Crippen molar-refractivity contribution in [2.24, 2.45) is 16.8 Å². The number of benzene rings is 2. The number of hydrazine groups is 1. The summed E-state index contributed by atoms with van der Waals surface area (Å²) in [7, 11) is 0. The third kappa shape index (κ3) is 4.94. The van der Waals surface area contributed by atoms with Crippen LogP contribution in [0.15, 0.2) is 53.6 Å². The number of ketones is 1. The van der Waals surface area contributed by atoms with E-state index in [1.165, 1.54) is 16.8 Å². The van der Waals surface area contributed by atoms with Gasteiger partial charge in [0.25, 0.3) is 0 Å². The lowest BCUT2D eigenvalue weighted by molar-refractivity contribution is 0.102. The Kier molecular flexibility index (Phi) is 6.75. The Morgan fingerprint density at radius 3 is 2.36 bits per heavy atom. The number of rotatable bonds is 5. The summed E-state index contributed by atoms with van der Waals surface area (Å²) in [4.78, 5) is 14.8. The molecule has 0 amide bonds. The van der Waals surface area contributed by atoms with Crippen molar-refractivity contribution in [1.29, 1.82) is 0 Å². The monoisotopic (exact) mass is 400 g/mol. The van der Waals surface area contributed by atoms with Crippen LogP contribution in [0.4, 0.5) is 17.1 Å². The van der Waals surface area contributed by atoms with E-state index < -0.39 is 0 Å². The lowest BCUT2D eigenvalue weighted by Crippen LogP contribution is -2.37. The van der Waals surface area contributed by atoms with Crippen LogP contribution in [0.5, 0.6) is 0 Å².